The van der Waals surface area contributed by atoms with Gasteiger partial charge in [0.05, 0.1) is 6.21 Å². The third-order valence-corrected chi connectivity index (χ3v) is 4.27. The van der Waals surface area contributed by atoms with E-state index in [0.717, 1.165) is 28.0 Å². The van der Waals surface area contributed by atoms with Crippen molar-refractivity contribution in [2.24, 2.45) is 5.10 Å². The molecule has 29 heavy (non-hydrogen) atoms. The lowest BCUT2D eigenvalue weighted by Crippen LogP contribution is -2.17. The van der Waals surface area contributed by atoms with Crippen LogP contribution >= 0.6 is 0 Å². The molecular weight excluding hydrogens is 374 g/mol. The normalized spacial score (nSPS) is 10.9. The van der Waals surface area contributed by atoms with E-state index in [0.29, 0.717) is 12.2 Å². The van der Waals surface area contributed by atoms with Crippen molar-refractivity contribution in [3.8, 4) is 5.75 Å². The molecule has 1 N–H and O–H groups in total. The minimum atomic E-state index is -0.422. The van der Waals surface area contributed by atoms with E-state index in [2.05, 4.69) is 10.5 Å². The van der Waals surface area contributed by atoms with E-state index in [-0.39, 0.29) is 5.82 Å². The summed E-state index contributed by atoms with van der Waals surface area (Å²) in [6.45, 7) is 4.17. The number of halogens is 2. The van der Waals surface area contributed by atoms with E-state index in [1.165, 1.54) is 42.6 Å². The molecule has 0 radical (unpaired) electrons. The summed E-state index contributed by atoms with van der Waals surface area (Å²) in [5.74, 6) is -0.357. The fraction of sp³-hybridized carbons (Fsp3) is 0.130. The molecule has 0 aliphatic carbocycles. The van der Waals surface area contributed by atoms with Gasteiger partial charge < -0.3 is 4.74 Å². The molecule has 0 saturated heterocycles. The first kappa shape index (κ1) is 20.2. The Morgan fingerprint density at radius 2 is 1.52 bits per heavy atom. The fourth-order valence-corrected chi connectivity index (χ4v) is 2.85. The van der Waals surface area contributed by atoms with Crippen LogP contribution in [0, 0.1) is 25.5 Å². The number of hydrogen-bond donors (Lipinski definition) is 1. The molecule has 0 aliphatic heterocycles. The molecule has 3 aromatic rings. The Kier molecular flexibility index (Phi) is 6.34. The zero-order valence-electron chi connectivity index (χ0n) is 16.1. The molecule has 0 atom stereocenters. The van der Waals surface area contributed by atoms with Crippen LogP contribution in [0.5, 0.6) is 5.75 Å². The van der Waals surface area contributed by atoms with Gasteiger partial charge in [-0.3, -0.25) is 4.79 Å². The lowest BCUT2D eigenvalue weighted by molar-refractivity contribution is 0.0955. The van der Waals surface area contributed by atoms with Crippen LogP contribution in [0.4, 0.5) is 8.78 Å². The Hall–Kier alpha value is -3.54. The van der Waals surface area contributed by atoms with E-state index >= 15 is 0 Å². The molecule has 0 spiro atoms. The van der Waals surface area contributed by atoms with Gasteiger partial charge in [-0.2, -0.15) is 5.10 Å². The number of hydrogen-bond acceptors (Lipinski definition) is 3. The number of benzene rings is 3. The van der Waals surface area contributed by atoms with Crippen molar-refractivity contribution >= 4 is 12.1 Å². The van der Waals surface area contributed by atoms with Crippen LogP contribution < -0.4 is 10.2 Å². The van der Waals surface area contributed by atoms with Crippen molar-refractivity contribution in [1.82, 2.24) is 5.43 Å². The molecule has 0 bridgehead atoms. The van der Waals surface area contributed by atoms with Gasteiger partial charge >= 0.3 is 0 Å². The second kappa shape index (κ2) is 9.10. The second-order valence-electron chi connectivity index (χ2n) is 6.60. The van der Waals surface area contributed by atoms with E-state index in [1.54, 1.807) is 12.1 Å². The summed E-state index contributed by atoms with van der Waals surface area (Å²) in [7, 11) is 0. The first-order chi connectivity index (χ1) is 13.9. The number of rotatable bonds is 6. The maximum atomic E-state index is 13.0. The Morgan fingerprint density at radius 3 is 2.10 bits per heavy atom. The van der Waals surface area contributed by atoms with Crippen molar-refractivity contribution in [1.29, 1.82) is 0 Å². The molecule has 0 aliphatic rings. The zero-order valence-corrected chi connectivity index (χ0v) is 16.1. The average molecular weight is 394 g/mol. The van der Waals surface area contributed by atoms with Crippen LogP contribution in [0.2, 0.25) is 0 Å². The molecule has 0 aromatic heterocycles. The first-order valence-electron chi connectivity index (χ1n) is 9.00. The quantitative estimate of drug-likeness (QED) is 0.476. The van der Waals surface area contributed by atoms with Gasteiger partial charge in [-0.15, -0.1) is 0 Å². The summed E-state index contributed by atoms with van der Waals surface area (Å²) in [6.07, 6.45) is 1.53. The van der Waals surface area contributed by atoms with E-state index in [1.807, 2.05) is 26.0 Å². The number of carbonyl (C=O) groups is 1. The van der Waals surface area contributed by atoms with Crippen molar-refractivity contribution < 1.29 is 18.3 Å². The molecule has 0 saturated carbocycles. The Bertz CT molecular complexity index is 1010. The average Bonchev–Trinajstić information content (AvgIpc) is 2.69. The summed E-state index contributed by atoms with van der Waals surface area (Å²) in [4.78, 5) is 12.0. The highest BCUT2D eigenvalue weighted by Gasteiger charge is 2.07. The van der Waals surface area contributed by atoms with Crippen LogP contribution in [0.1, 0.15) is 32.6 Å². The minimum absolute atomic E-state index is 0.281. The number of nitrogens with one attached hydrogen (secondary N) is 1. The standard InChI is InChI=1S/C23H20F2N2O2/c1-15-11-18(13-26-27-23(28)19-5-9-21(25)10-6-19)12-16(2)22(15)29-14-17-3-7-20(24)8-4-17/h3-13H,14H2,1-2H3,(H,27,28)/b26-13-. The Balaban J connectivity index is 1.63. The van der Waals surface area contributed by atoms with Gasteiger partial charge in [0.1, 0.15) is 24.0 Å². The number of aryl methyl sites for hydroxylation is 2. The molecule has 148 valence electrons. The molecule has 6 heteroatoms. The number of nitrogens with zero attached hydrogens (tertiary/aromatic N) is 1. The molecule has 3 aromatic carbocycles. The van der Waals surface area contributed by atoms with Crippen LogP contribution in [0.3, 0.4) is 0 Å². The molecule has 0 fully saturated rings. The van der Waals surface area contributed by atoms with Crippen LogP contribution in [0.25, 0.3) is 0 Å². The largest absolute Gasteiger partial charge is 0.488 e. The third kappa shape index (κ3) is 5.48. The Morgan fingerprint density at radius 1 is 0.966 bits per heavy atom. The van der Waals surface area contributed by atoms with Gasteiger partial charge in [0, 0.05) is 5.56 Å². The Labute approximate surface area is 167 Å². The predicted molar refractivity (Wildman–Crippen MR) is 108 cm³/mol. The van der Waals surface area contributed by atoms with Crippen molar-refractivity contribution in [3.63, 3.8) is 0 Å². The van der Waals surface area contributed by atoms with Crippen LogP contribution in [0.15, 0.2) is 65.8 Å². The molecule has 0 heterocycles. The third-order valence-electron chi connectivity index (χ3n) is 4.27. The second-order valence-corrected chi connectivity index (χ2v) is 6.60. The number of ether oxygens (including phenoxy) is 1. The van der Waals surface area contributed by atoms with Crippen LogP contribution in [-0.2, 0) is 6.61 Å². The lowest BCUT2D eigenvalue weighted by atomic mass is 10.1. The van der Waals surface area contributed by atoms with E-state index in [9.17, 15) is 13.6 Å². The molecule has 3 rings (SSSR count). The summed E-state index contributed by atoms with van der Waals surface area (Å²) in [6, 6.07) is 15.2. The van der Waals surface area contributed by atoms with Gasteiger partial charge in [-0.1, -0.05) is 12.1 Å². The SMILES string of the molecule is Cc1cc(/C=N\NC(=O)c2ccc(F)cc2)cc(C)c1OCc1ccc(F)cc1. The minimum Gasteiger partial charge on any atom is -0.488 e. The van der Waals surface area contributed by atoms with Crippen molar-refractivity contribution in [3.05, 3.63) is 100 Å². The summed E-state index contributed by atoms with van der Waals surface area (Å²) in [5.41, 5.74) is 6.24. The summed E-state index contributed by atoms with van der Waals surface area (Å²) in [5, 5.41) is 3.96. The predicted octanol–water partition coefficient (Wildman–Crippen LogP) is 4.92. The lowest BCUT2D eigenvalue weighted by Gasteiger charge is -2.13. The summed E-state index contributed by atoms with van der Waals surface area (Å²) >= 11 is 0. The van der Waals surface area contributed by atoms with E-state index < -0.39 is 11.7 Å². The number of amides is 1. The summed E-state index contributed by atoms with van der Waals surface area (Å²) < 4.78 is 31.8. The molecule has 0 unspecified atom stereocenters. The van der Waals surface area contributed by atoms with Gasteiger partial charge in [0.15, 0.2) is 0 Å². The maximum absolute atomic E-state index is 13.0. The van der Waals surface area contributed by atoms with Gasteiger partial charge in [0.25, 0.3) is 5.91 Å². The monoisotopic (exact) mass is 394 g/mol. The number of hydrazone groups is 1. The first-order valence-corrected chi connectivity index (χ1v) is 9.00. The van der Waals surface area contributed by atoms with Crippen LogP contribution in [-0.4, -0.2) is 12.1 Å². The highest BCUT2D eigenvalue weighted by atomic mass is 19.1. The topological polar surface area (TPSA) is 50.7 Å². The molecule has 1 amide bonds. The van der Waals surface area contributed by atoms with Gasteiger partial charge in [-0.25, -0.2) is 14.2 Å². The smallest absolute Gasteiger partial charge is 0.271 e. The van der Waals surface area contributed by atoms with Crippen molar-refractivity contribution in [2.75, 3.05) is 0 Å². The van der Waals surface area contributed by atoms with Crippen molar-refractivity contribution in [2.45, 2.75) is 20.5 Å². The molecular formula is C23H20F2N2O2. The molecule has 4 nitrogen and oxygen atoms in total. The van der Waals surface area contributed by atoms with Gasteiger partial charge in [-0.05, 0) is 84.6 Å². The fourth-order valence-electron chi connectivity index (χ4n) is 2.85. The number of carbonyl (C=O) groups excluding carboxylic acids is 1. The highest BCUT2D eigenvalue weighted by molar-refractivity contribution is 5.94. The van der Waals surface area contributed by atoms with Gasteiger partial charge in [0.2, 0.25) is 0 Å². The zero-order chi connectivity index (χ0) is 20.8. The maximum Gasteiger partial charge on any atom is 0.271 e. The highest BCUT2D eigenvalue weighted by Crippen LogP contribution is 2.25. The van der Waals surface area contributed by atoms with E-state index in [4.69, 9.17) is 4.74 Å².